The number of rotatable bonds is 4. The fraction of sp³-hybridized carbons (Fsp3) is 0.417. The molecule has 0 aromatic heterocycles. The van der Waals surface area contributed by atoms with Gasteiger partial charge in [-0.2, -0.15) is 0 Å². The van der Waals surface area contributed by atoms with Crippen molar-refractivity contribution in [3.63, 3.8) is 0 Å². The summed E-state index contributed by atoms with van der Waals surface area (Å²) < 4.78 is 25.5. The molecular formula is C12H15NO4S. The van der Waals surface area contributed by atoms with Gasteiger partial charge in [0, 0.05) is 14.1 Å². The van der Waals surface area contributed by atoms with Crippen LogP contribution in [0.25, 0.3) is 0 Å². The lowest BCUT2D eigenvalue weighted by Gasteiger charge is -2.18. The monoisotopic (exact) mass is 269 g/mol. The number of benzene rings is 1. The second-order valence-corrected chi connectivity index (χ2v) is 6.79. The Morgan fingerprint density at radius 2 is 1.83 bits per heavy atom. The quantitative estimate of drug-likeness (QED) is 0.886. The molecule has 2 rings (SSSR count). The van der Waals surface area contributed by atoms with E-state index in [-0.39, 0.29) is 4.90 Å². The minimum atomic E-state index is -3.61. The van der Waals surface area contributed by atoms with Crippen molar-refractivity contribution in [2.45, 2.75) is 23.2 Å². The van der Waals surface area contributed by atoms with Crippen molar-refractivity contribution in [3.05, 3.63) is 29.8 Å². The van der Waals surface area contributed by atoms with Gasteiger partial charge in [0.2, 0.25) is 10.0 Å². The summed E-state index contributed by atoms with van der Waals surface area (Å²) in [4.78, 5) is 11.4. The normalized spacial score (nSPS) is 17.7. The SMILES string of the molecule is CN(C)S(=O)(=O)c1ccccc1C1(C(=O)O)CC1. The second-order valence-electron chi connectivity index (χ2n) is 4.67. The zero-order valence-corrected chi connectivity index (χ0v) is 11.1. The van der Waals surface area contributed by atoms with E-state index in [2.05, 4.69) is 0 Å². The Balaban J connectivity index is 2.62. The highest BCUT2D eigenvalue weighted by molar-refractivity contribution is 7.89. The van der Waals surface area contributed by atoms with Gasteiger partial charge in [0.05, 0.1) is 10.3 Å². The number of carboxylic acid groups (broad SMARTS) is 1. The molecule has 1 aliphatic carbocycles. The third-order valence-corrected chi connectivity index (χ3v) is 5.19. The van der Waals surface area contributed by atoms with Gasteiger partial charge < -0.3 is 5.11 Å². The van der Waals surface area contributed by atoms with Crippen LogP contribution in [-0.4, -0.2) is 37.9 Å². The van der Waals surface area contributed by atoms with Crippen LogP contribution in [0.3, 0.4) is 0 Å². The van der Waals surface area contributed by atoms with Gasteiger partial charge >= 0.3 is 5.97 Å². The maximum Gasteiger partial charge on any atom is 0.314 e. The Labute approximate surface area is 106 Å². The third-order valence-electron chi connectivity index (χ3n) is 3.32. The maximum absolute atomic E-state index is 12.2. The van der Waals surface area contributed by atoms with Crippen LogP contribution in [-0.2, 0) is 20.2 Å². The van der Waals surface area contributed by atoms with E-state index in [9.17, 15) is 18.3 Å². The molecule has 0 radical (unpaired) electrons. The average molecular weight is 269 g/mol. The average Bonchev–Trinajstić information content (AvgIpc) is 3.10. The van der Waals surface area contributed by atoms with Crippen molar-refractivity contribution in [1.29, 1.82) is 0 Å². The Bertz CT molecular complexity index is 588. The number of hydrogen-bond donors (Lipinski definition) is 1. The predicted octanol–water partition coefficient (Wildman–Crippen LogP) is 1.05. The van der Waals surface area contributed by atoms with Gasteiger partial charge in [-0.1, -0.05) is 18.2 Å². The summed E-state index contributed by atoms with van der Waals surface area (Å²) in [5.41, 5.74) is -0.620. The van der Waals surface area contributed by atoms with Gasteiger partial charge in [0.25, 0.3) is 0 Å². The topological polar surface area (TPSA) is 74.7 Å². The summed E-state index contributed by atoms with van der Waals surface area (Å²) in [6.45, 7) is 0. The highest BCUT2D eigenvalue weighted by Crippen LogP contribution is 2.50. The molecule has 18 heavy (non-hydrogen) atoms. The number of sulfonamides is 1. The summed E-state index contributed by atoms with van der Waals surface area (Å²) >= 11 is 0. The van der Waals surface area contributed by atoms with Crippen molar-refractivity contribution >= 4 is 16.0 Å². The van der Waals surface area contributed by atoms with Crippen molar-refractivity contribution in [1.82, 2.24) is 4.31 Å². The Kier molecular flexibility index (Phi) is 2.95. The molecule has 0 saturated heterocycles. The van der Waals surface area contributed by atoms with Gasteiger partial charge in [-0.25, -0.2) is 12.7 Å². The Morgan fingerprint density at radius 1 is 1.28 bits per heavy atom. The van der Waals surface area contributed by atoms with E-state index in [1.807, 2.05) is 0 Å². The molecule has 1 aromatic carbocycles. The molecular weight excluding hydrogens is 254 g/mol. The van der Waals surface area contributed by atoms with Crippen molar-refractivity contribution in [2.24, 2.45) is 0 Å². The van der Waals surface area contributed by atoms with E-state index < -0.39 is 21.4 Å². The van der Waals surface area contributed by atoms with E-state index in [0.29, 0.717) is 18.4 Å². The lowest BCUT2D eigenvalue weighted by Crippen LogP contribution is -2.27. The minimum Gasteiger partial charge on any atom is -0.481 e. The number of carbonyl (C=O) groups is 1. The summed E-state index contributed by atoms with van der Waals surface area (Å²) in [6.07, 6.45) is 0.977. The first-order chi connectivity index (χ1) is 8.32. The lowest BCUT2D eigenvalue weighted by molar-refractivity contribution is -0.140. The van der Waals surface area contributed by atoms with E-state index in [1.54, 1.807) is 18.2 Å². The van der Waals surface area contributed by atoms with E-state index in [0.717, 1.165) is 4.31 Å². The zero-order valence-electron chi connectivity index (χ0n) is 10.3. The van der Waals surface area contributed by atoms with Crippen LogP contribution in [0, 0.1) is 0 Å². The highest BCUT2D eigenvalue weighted by atomic mass is 32.2. The van der Waals surface area contributed by atoms with Crippen LogP contribution in [0.15, 0.2) is 29.2 Å². The van der Waals surface area contributed by atoms with E-state index in [1.165, 1.54) is 20.2 Å². The molecule has 98 valence electrons. The Hall–Kier alpha value is -1.40. The molecule has 1 aliphatic rings. The molecule has 6 heteroatoms. The number of nitrogens with zero attached hydrogens (tertiary/aromatic N) is 1. The van der Waals surface area contributed by atoms with Gasteiger partial charge in [0.15, 0.2) is 0 Å². The molecule has 5 nitrogen and oxygen atoms in total. The van der Waals surface area contributed by atoms with Crippen LogP contribution >= 0.6 is 0 Å². The number of aliphatic carboxylic acids is 1. The van der Waals surface area contributed by atoms with E-state index in [4.69, 9.17) is 0 Å². The second kappa shape index (κ2) is 4.07. The van der Waals surface area contributed by atoms with Crippen LogP contribution in [0.5, 0.6) is 0 Å². The molecule has 0 bridgehead atoms. The first-order valence-electron chi connectivity index (χ1n) is 5.58. The molecule has 1 saturated carbocycles. The predicted molar refractivity (Wildman–Crippen MR) is 65.9 cm³/mol. The molecule has 0 spiro atoms. The molecule has 0 amide bonds. The van der Waals surface area contributed by atoms with Crippen molar-refractivity contribution in [3.8, 4) is 0 Å². The van der Waals surface area contributed by atoms with Crippen LogP contribution in [0.4, 0.5) is 0 Å². The number of hydrogen-bond acceptors (Lipinski definition) is 3. The fourth-order valence-electron chi connectivity index (χ4n) is 2.01. The summed E-state index contributed by atoms with van der Waals surface area (Å²) in [5.74, 6) is -0.955. The highest BCUT2D eigenvalue weighted by Gasteiger charge is 2.53. The van der Waals surface area contributed by atoms with Crippen LogP contribution < -0.4 is 0 Å². The van der Waals surface area contributed by atoms with Gasteiger partial charge in [-0.05, 0) is 24.5 Å². The summed E-state index contributed by atoms with van der Waals surface area (Å²) in [7, 11) is -0.740. The standard InChI is InChI=1S/C12H15NO4S/c1-13(2)18(16,17)10-6-4-3-5-9(10)12(7-8-12)11(14)15/h3-6H,7-8H2,1-2H3,(H,14,15). The third kappa shape index (κ3) is 1.81. The zero-order chi connectivity index (χ0) is 13.6. The first kappa shape index (κ1) is 13.0. The van der Waals surface area contributed by atoms with Crippen LogP contribution in [0.2, 0.25) is 0 Å². The van der Waals surface area contributed by atoms with Crippen molar-refractivity contribution in [2.75, 3.05) is 14.1 Å². The van der Waals surface area contributed by atoms with Gasteiger partial charge in [0.1, 0.15) is 0 Å². The molecule has 1 fully saturated rings. The lowest BCUT2D eigenvalue weighted by atomic mass is 9.96. The Morgan fingerprint density at radius 3 is 2.28 bits per heavy atom. The van der Waals surface area contributed by atoms with Crippen LogP contribution in [0.1, 0.15) is 18.4 Å². The smallest absolute Gasteiger partial charge is 0.314 e. The van der Waals surface area contributed by atoms with E-state index >= 15 is 0 Å². The molecule has 0 heterocycles. The summed E-state index contributed by atoms with van der Waals surface area (Å²) in [6, 6.07) is 6.34. The molecule has 1 aromatic rings. The number of carboxylic acids is 1. The largest absolute Gasteiger partial charge is 0.481 e. The first-order valence-corrected chi connectivity index (χ1v) is 7.02. The van der Waals surface area contributed by atoms with Gasteiger partial charge in [-0.15, -0.1) is 0 Å². The molecule has 0 unspecified atom stereocenters. The van der Waals surface area contributed by atoms with Gasteiger partial charge in [-0.3, -0.25) is 4.79 Å². The maximum atomic E-state index is 12.2. The minimum absolute atomic E-state index is 0.0925. The fourth-order valence-corrected chi connectivity index (χ4v) is 3.19. The molecule has 1 N–H and O–H groups in total. The molecule has 0 atom stereocenters. The summed E-state index contributed by atoms with van der Waals surface area (Å²) in [5, 5.41) is 9.28. The van der Waals surface area contributed by atoms with Crippen molar-refractivity contribution < 1.29 is 18.3 Å². The molecule has 0 aliphatic heterocycles.